The van der Waals surface area contributed by atoms with E-state index < -0.39 is 0 Å². The van der Waals surface area contributed by atoms with Gasteiger partial charge in [-0.3, -0.25) is 9.99 Å². The van der Waals surface area contributed by atoms with Gasteiger partial charge in [0, 0.05) is 12.6 Å². The lowest BCUT2D eigenvalue weighted by molar-refractivity contribution is 0.639. The normalized spacial score (nSPS) is 21.1. The van der Waals surface area contributed by atoms with Crippen LogP contribution < -0.4 is 5.01 Å². The van der Waals surface area contributed by atoms with Gasteiger partial charge in [0.05, 0.1) is 17.9 Å². The molecule has 1 atom stereocenters. The van der Waals surface area contributed by atoms with E-state index in [-0.39, 0.29) is 0 Å². The second kappa shape index (κ2) is 3.96. The Hall–Kier alpha value is -1.09. The summed E-state index contributed by atoms with van der Waals surface area (Å²) in [5.74, 6) is 0. The molecule has 4 heteroatoms. The highest BCUT2D eigenvalue weighted by atomic mass is 35.5. The van der Waals surface area contributed by atoms with Crippen molar-refractivity contribution in [3.63, 3.8) is 0 Å². The number of rotatable bonds is 2. The fraction of sp³-hybridized carbons (Fsp3) is 0.400. The van der Waals surface area contributed by atoms with Crippen molar-refractivity contribution in [3.05, 3.63) is 24.5 Å². The van der Waals surface area contributed by atoms with Crippen LogP contribution >= 0.6 is 11.6 Å². The molecule has 0 bridgehead atoms. The first-order valence-corrected chi connectivity index (χ1v) is 5.11. The van der Waals surface area contributed by atoms with E-state index in [4.69, 9.17) is 11.6 Å². The summed E-state index contributed by atoms with van der Waals surface area (Å²) in [6.07, 6.45) is 5.44. The van der Waals surface area contributed by atoms with Crippen LogP contribution in [0, 0.1) is 0 Å². The Morgan fingerprint density at radius 1 is 1.64 bits per heavy atom. The van der Waals surface area contributed by atoms with E-state index in [1.807, 2.05) is 23.3 Å². The first-order chi connectivity index (χ1) is 6.81. The molecular formula is C10H12ClN3. The van der Waals surface area contributed by atoms with Crippen molar-refractivity contribution in [1.29, 1.82) is 0 Å². The SMILES string of the molecule is CCC1CC(Cl)=NN1c1cccnc1. The van der Waals surface area contributed by atoms with Crippen molar-refractivity contribution in [2.45, 2.75) is 25.8 Å². The van der Waals surface area contributed by atoms with Crippen LogP contribution in [0.1, 0.15) is 19.8 Å². The molecule has 1 aliphatic heterocycles. The number of hydrazone groups is 1. The average molecular weight is 210 g/mol. The molecule has 0 amide bonds. The monoisotopic (exact) mass is 209 g/mol. The largest absolute Gasteiger partial charge is 0.262 e. The third-order valence-electron chi connectivity index (χ3n) is 2.35. The zero-order valence-corrected chi connectivity index (χ0v) is 8.78. The van der Waals surface area contributed by atoms with Gasteiger partial charge in [-0.1, -0.05) is 18.5 Å². The van der Waals surface area contributed by atoms with Crippen LogP contribution in [0.25, 0.3) is 0 Å². The Morgan fingerprint density at radius 2 is 2.50 bits per heavy atom. The summed E-state index contributed by atoms with van der Waals surface area (Å²) in [4.78, 5) is 4.07. The van der Waals surface area contributed by atoms with Gasteiger partial charge in [-0.2, -0.15) is 5.10 Å². The smallest absolute Gasteiger partial charge is 0.128 e. The number of anilines is 1. The number of pyridine rings is 1. The van der Waals surface area contributed by atoms with Crippen LogP contribution in [-0.4, -0.2) is 16.2 Å². The Morgan fingerprint density at radius 3 is 3.14 bits per heavy atom. The molecule has 0 N–H and O–H groups in total. The maximum Gasteiger partial charge on any atom is 0.128 e. The van der Waals surface area contributed by atoms with Gasteiger partial charge < -0.3 is 0 Å². The standard InChI is InChI=1S/C10H12ClN3/c1-2-8-6-10(11)13-14(8)9-4-3-5-12-7-9/h3-5,7-8H,2,6H2,1H3. The molecule has 1 aliphatic rings. The minimum atomic E-state index is 0.381. The molecule has 0 fully saturated rings. The summed E-state index contributed by atoms with van der Waals surface area (Å²) >= 11 is 5.92. The molecule has 0 aliphatic carbocycles. The van der Waals surface area contributed by atoms with E-state index in [0.29, 0.717) is 11.2 Å². The lowest BCUT2D eigenvalue weighted by atomic mass is 10.1. The fourth-order valence-corrected chi connectivity index (χ4v) is 1.85. The molecule has 2 heterocycles. The van der Waals surface area contributed by atoms with Crippen LogP contribution in [0.2, 0.25) is 0 Å². The molecular weight excluding hydrogens is 198 g/mol. The van der Waals surface area contributed by atoms with E-state index in [9.17, 15) is 0 Å². The molecule has 0 saturated carbocycles. The van der Waals surface area contributed by atoms with Crippen LogP contribution in [0.3, 0.4) is 0 Å². The predicted molar refractivity (Wildman–Crippen MR) is 58.7 cm³/mol. The second-order valence-corrected chi connectivity index (χ2v) is 3.73. The number of hydrogen-bond donors (Lipinski definition) is 0. The summed E-state index contributed by atoms with van der Waals surface area (Å²) in [6, 6.07) is 4.28. The van der Waals surface area contributed by atoms with Gasteiger partial charge >= 0.3 is 0 Å². The molecule has 3 nitrogen and oxygen atoms in total. The predicted octanol–water partition coefficient (Wildman–Crippen LogP) is 2.62. The Labute approximate surface area is 88.4 Å². The fourth-order valence-electron chi connectivity index (χ4n) is 1.60. The number of aromatic nitrogens is 1. The van der Waals surface area contributed by atoms with Crippen molar-refractivity contribution in [1.82, 2.24) is 4.98 Å². The maximum absolute atomic E-state index is 5.92. The highest BCUT2D eigenvalue weighted by molar-refractivity contribution is 6.65. The lowest BCUT2D eigenvalue weighted by Gasteiger charge is -2.21. The summed E-state index contributed by atoms with van der Waals surface area (Å²) in [5, 5.41) is 6.92. The van der Waals surface area contributed by atoms with Crippen molar-refractivity contribution in [2.24, 2.45) is 5.10 Å². The molecule has 2 rings (SSSR count). The van der Waals surface area contributed by atoms with Crippen LogP contribution in [0.4, 0.5) is 5.69 Å². The van der Waals surface area contributed by atoms with E-state index in [0.717, 1.165) is 18.5 Å². The molecule has 0 aromatic carbocycles. The minimum Gasteiger partial charge on any atom is -0.262 e. The van der Waals surface area contributed by atoms with Gasteiger partial charge in [0.2, 0.25) is 0 Å². The summed E-state index contributed by atoms with van der Waals surface area (Å²) in [5.41, 5.74) is 1.01. The molecule has 14 heavy (non-hydrogen) atoms. The van der Waals surface area contributed by atoms with Gasteiger partial charge in [0.15, 0.2) is 0 Å². The summed E-state index contributed by atoms with van der Waals surface area (Å²) in [7, 11) is 0. The summed E-state index contributed by atoms with van der Waals surface area (Å²) < 4.78 is 0. The Balaban J connectivity index is 2.25. The average Bonchev–Trinajstić information content (AvgIpc) is 2.61. The molecule has 1 unspecified atom stereocenters. The van der Waals surface area contributed by atoms with E-state index >= 15 is 0 Å². The van der Waals surface area contributed by atoms with Gasteiger partial charge in [0.1, 0.15) is 5.17 Å². The third-order valence-corrected chi connectivity index (χ3v) is 2.58. The van der Waals surface area contributed by atoms with Crippen molar-refractivity contribution in [2.75, 3.05) is 5.01 Å². The highest BCUT2D eigenvalue weighted by Crippen LogP contribution is 2.26. The number of nitrogens with zero attached hydrogens (tertiary/aromatic N) is 3. The number of halogens is 1. The first kappa shape index (κ1) is 9.46. The maximum atomic E-state index is 5.92. The van der Waals surface area contributed by atoms with Crippen LogP contribution in [0.5, 0.6) is 0 Å². The molecule has 1 aromatic heterocycles. The van der Waals surface area contributed by atoms with Crippen LogP contribution in [0.15, 0.2) is 29.6 Å². The van der Waals surface area contributed by atoms with Crippen molar-refractivity contribution < 1.29 is 0 Å². The van der Waals surface area contributed by atoms with Gasteiger partial charge in [-0.05, 0) is 18.6 Å². The lowest BCUT2D eigenvalue weighted by Crippen LogP contribution is -2.25. The van der Waals surface area contributed by atoms with Gasteiger partial charge in [0.25, 0.3) is 0 Å². The Bertz CT molecular complexity index is 336. The first-order valence-electron chi connectivity index (χ1n) is 4.73. The third kappa shape index (κ3) is 1.73. The highest BCUT2D eigenvalue weighted by Gasteiger charge is 2.24. The zero-order chi connectivity index (χ0) is 9.97. The van der Waals surface area contributed by atoms with Gasteiger partial charge in [-0.25, -0.2) is 0 Å². The van der Waals surface area contributed by atoms with E-state index in [2.05, 4.69) is 17.0 Å². The van der Waals surface area contributed by atoms with Crippen molar-refractivity contribution >= 4 is 22.5 Å². The van der Waals surface area contributed by atoms with Crippen LogP contribution in [-0.2, 0) is 0 Å². The van der Waals surface area contributed by atoms with E-state index in [1.54, 1.807) is 6.20 Å². The number of hydrogen-bond acceptors (Lipinski definition) is 3. The van der Waals surface area contributed by atoms with Gasteiger partial charge in [-0.15, -0.1) is 0 Å². The molecule has 1 aromatic rings. The molecule has 74 valence electrons. The molecule has 0 saturated heterocycles. The molecule has 0 spiro atoms. The van der Waals surface area contributed by atoms with E-state index in [1.165, 1.54) is 0 Å². The Kier molecular flexibility index (Phi) is 2.68. The minimum absolute atomic E-state index is 0.381. The quantitative estimate of drug-likeness (QED) is 0.749. The summed E-state index contributed by atoms with van der Waals surface area (Å²) in [6.45, 7) is 2.14. The zero-order valence-electron chi connectivity index (χ0n) is 8.02. The molecule has 0 radical (unpaired) electrons. The second-order valence-electron chi connectivity index (χ2n) is 3.30. The van der Waals surface area contributed by atoms with Crippen molar-refractivity contribution in [3.8, 4) is 0 Å². The topological polar surface area (TPSA) is 28.5 Å².